The highest BCUT2D eigenvalue weighted by Crippen LogP contribution is 2.48. The molecular formula is C18H26N2O2. The average Bonchev–Trinajstić information content (AvgIpc) is 2.60. The van der Waals surface area contributed by atoms with Crippen LogP contribution in [0.25, 0.3) is 0 Å². The topological polar surface area (TPSA) is 45.1 Å². The van der Waals surface area contributed by atoms with Gasteiger partial charge in [-0.15, -0.1) is 0 Å². The maximum Gasteiger partial charge on any atom is 0.119 e. The highest BCUT2D eigenvalue weighted by Gasteiger charge is 2.47. The van der Waals surface area contributed by atoms with E-state index in [-0.39, 0.29) is 5.41 Å². The summed E-state index contributed by atoms with van der Waals surface area (Å²) in [6, 6.07) is 8.48. The summed E-state index contributed by atoms with van der Waals surface area (Å²) in [4.78, 5) is 2.55. The number of ether oxygens (including phenoxy) is 1. The van der Waals surface area contributed by atoms with Crippen molar-refractivity contribution >= 4 is 5.71 Å². The van der Waals surface area contributed by atoms with E-state index in [4.69, 9.17) is 4.74 Å². The van der Waals surface area contributed by atoms with Gasteiger partial charge in [0.15, 0.2) is 0 Å². The van der Waals surface area contributed by atoms with E-state index < -0.39 is 0 Å². The zero-order chi connectivity index (χ0) is 15.6. The smallest absolute Gasteiger partial charge is 0.119 e. The van der Waals surface area contributed by atoms with Gasteiger partial charge in [-0.2, -0.15) is 0 Å². The number of likely N-dealkylation sites (tertiary alicyclic amines) is 1. The summed E-state index contributed by atoms with van der Waals surface area (Å²) in [6.45, 7) is 5.61. The van der Waals surface area contributed by atoms with Crippen LogP contribution in [0.2, 0.25) is 0 Å². The zero-order valence-corrected chi connectivity index (χ0v) is 13.6. The molecule has 1 aromatic rings. The van der Waals surface area contributed by atoms with E-state index in [1.807, 2.05) is 6.07 Å². The molecule has 22 heavy (non-hydrogen) atoms. The van der Waals surface area contributed by atoms with Crippen molar-refractivity contribution in [1.29, 1.82) is 0 Å². The van der Waals surface area contributed by atoms with Gasteiger partial charge in [-0.1, -0.05) is 24.2 Å². The van der Waals surface area contributed by atoms with Crippen LogP contribution < -0.4 is 4.74 Å². The molecule has 0 unspecified atom stereocenters. The summed E-state index contributed by atoms with van der Waals surface area (Å²) in [5.74, 6) is 1.54. The number of rotatable bonds is 3. The van der Waals surface area contributed by atoms with Crippen LogP contribution >= 0.6 is 0 Å². The molecular weight excluding hydrogens is 276 g/mol. The van der Waals surface area contributed by atoms with Crippen molar-refractivity contribution in [2.45, 2.75) is 38.0 Å². The van der Waals surface area contributed by atoms with Crippen LogP contribution in [0.5, 0.6) is 5.75 Å². The van der Waals surface area contributed by atoms with Crippen molar-refractivity contribution in [3.8, 4) is 5.75 Å². The molecule has 0 aromatic heterocycles. The fourth-order valence-corrected chi connectivity index (χ4v) is 4.32. The Hall–Kier alpha value is -1.55. The molecule has 4 heteroatoms. The molecule has 0 spiro atoms. The minimum Gasteiger partial charge on any atom is -0.497 e. The maximum atomic E-state index is 9.29. The third-order valence-electron chi connectivity index (χ3n) is 5.67. The van der Waals surface area contributed by atoms with Crippen molar-refractivity contribution in [1.82, 2.24) is 4.90 Å². The van der Waals surface area contributed by atoms with Crippen molar-refractivity contribution in [3.05, 3.63) is 29.8 Å². The van der Waals surface area contributed by atoms with E-state index >= 15 is 0 Å². The number of piperidine rings is 1. The largest absolute Gasteiger partial charge is 0.497 e. The van der Waals surface area contributed by atoms with E-state index in [1.165, 1.54) is 5.56 Å². The first-order valence-electron chi connectivity index (χ1n) is 8.28. The highest BCUT2D eigenvalue weighted by molar-refractivity contribution is 5.86. The van der Waals surface area contributed by atoms with Gasteiger partial charge >= 0.3 is 0 Å². The first-order chi connectivity index (χ1) is 10.7. The van der Waals surface area contributed by atoms with E-state index in [0.29, 0.717) is 5.92 Å². The number of oxime groups is 1. The van der Waals surface area contributed by atoms with Crippen molar-refractivity contribution in [2.24, 2.45) is 11.1 Å². The van der Waals surface area contributed by atoms with Crippen LogP contribution in [0.3, 0.4) is 0 Å². The minimum absolute atomic E-state index is 0.0972. The summed E-state index contributed by atoms with van der Waals surface area (Å²) in [5.41, 5.74) is 2.39. The van der Waals surface area contributed by atoms with E-state index in [0.717, 1.165) is 56.8 Å². The molecule has 1 saturated heterocycles. The number of hydrogen-bond donors (Lipinski definition) is 1. The fraction of sp³-hybridized carbons (Fsp3) is 0.611. The lowest BCUT2D eigenvalue weighted by atomic mass is 9.58. The molecule has 2 fully saturated rings. The zero-order valence-electron chi connectivity index (χ0n) is 13.6. The molecule has 3 rings (SSSR count). The summed E-state index contributed by atoms with van der Waals surface area (Å²) in [7, 11) is 1.72. The minimum atomic E-state index is 0.0972. The fourth-order valence-electron chi connectivity index (χ4n) is 4.32. The average molecular weight is 302 g/mol. The van der Waals surface area contributed by atoms with Crippen molar-refractivity contribution < 1.29 is 9.94 Å². The molecule has 1 aromatic carbocycles. The number of methoxy groups -OCH3 is 1. The lowest BCUT2D eigenvalue weighted by Gasteiger charge is -2.51. The van der Waals surface area contributed by atoms with Gasteiger partial charge in [0.05, 0.1) is 12.8 Å². The van der Waals surface area contributed by atoms with Gasteiger partial charge in [0.1, 0.15) is 5.75 Å². The second-order valence-corrected chi connectivity index (χ2v) is 6.61. The van der Waals surface area contributed by atoms with Crippen molar-refractivity contribution in [3.63, 3.8) is 0 Å². The van der Waals surface area contributed by atoms with Crippen LogP contribution in [0.15, 0.2) is 29.4 Å². The molecule has 1 aliphatic carbocycles. The normalized spacial score (nSPS) is 31.0. The number of fused-ring (bicyclic) bond motifs is 1. The number of nitrogens with zero attached hydrogens (tertiary/aromatic N) is 2. The second kappa shape index (κ2) is 6.29. The molecule has 1 heterocycles. The van der Waals surface area contributed by atoms with Crippen LogP contribution in [0.4, 0.5) is 0 Å². The lowest BCUT2D eigenvalue weighted by molar-refractivity contribution is 0.0835. The lowest BCUT2D eigenvalue weighted by Crippen LogP contribution is -2.52. The molecule has 1 N–H and O–H groups in total. The summed E-state index contributed by atoms with van der Waals surface area (Å²) < 4.78 is 5.43. The monoisotopic (exact) mass is 302 g/mol. The van der Waals surface area contributed by atoms with E-state index in [1.54, 1.807) is 7.11 Å². The first kappa shape index (κ1) is 15.3. The van der Waals surface area contributed by atoms with Crippen LogP contribution in [-0.2, 0) is 5.41 Å². The molecule has 120 valence electrons. The van der Waals surface area contributed by atoms with Gasteiger partial charge in [0.25, 0.3) is 0 Å². The second-order valence-electron chi connectivity index (χ2n) is 6.61. The SMILES string of the molecule is CCN1CC[C@@]2(c3cccc(OC)c3)CC(=NO)CC[C@@H]2C1. The molecule has 0 bridgehead atoms. The van der Waals surface area contributed by atoms with Crippen LogP contribution in [-0.4, -0.2) is 42.6 Å². The third-order valence-corrected chi connectivity index (χ3v) is 5.67. The summed E-state index contributed by atoms with van der Waals surface area (Å²) >= 11 is 0. The summed E-state index contributed by atoms with van der Waals surface area (Å²) in [6.07, 6.45) is 4.02. The van der Waals surface area contributed by atoms with Crippen LogP contribution in [0, 0.1) is 5.92 Å². The van der Waals surface area contributed by atoms with E-state index in [2.05, 4.69) is 35.2 Å². The molecule has 4 nitrogen and oxygen atoms in total. The Bertz CT molecular complexity index is 558. The maximum absolute atomic E-state index is 9.29. The van der Waals surface area contributed by atoms with Gasteiger partial charge < -0.3 is 14.8 Å². The predicted molar refractivity (Wildman–Crippen MR) is 88.0 cm³/mol. The Morgan fingerprint density at radius 2 is 2.32 bits per heavy atom. The van der Waals surface area contributed by atoms with Gasteiger partial charge in [-0.05, 0) is 62.4 Å². The quantitative estimate of drug-likeness (QED) is 0.688. The summed E-state index contributed by atoms with van der Waals surface area (Å²) in [5, 5.41) is 12.9. The third kappa shape index (κ3) is 2.60. The van der Waals surface area contributed by atoms with Crippen molar-refractivity contribution in [2.75, 3.05) is 26.7 Å². The molecule has 2 aliphatic rings. The van der Waals surface area contributed by atoms with Gasteiger partial charge in [-0.25, -0.2) is 0 Å². The Balaban J connectivity index is 1.99. The highest BCUT2D eigenvalue weighted by atomic mass is 16.5. The molecule has 0 radical (unpaired) electrons. The standard InChI is InChI=1S/C18H26N2O2/c1-3-20-10-9-18(14-5-4-6-17(11-14)22-2)12-16(19-21)8-7-15(18)13-20/h4-6,11,15,21H,3,7-10,12-13H2,1-2H3/t15-,18+/m1/s1. The Morgan fingerprint density at radius 1 is 1.45 bits per heavy atom. The predicted octanol–water partition coefficient (Wildman–Crippen LogP) is 3.29. The molecule has 1 saturated carbocycles. The number of hydrogen-bond acceptors (Lipinski definition) is 4. The first-order valence-corrected chi connectivity index (χ1v) is 8.28. The van der Waals surface area contributed by atoms with E-state index in [9.17, 15) is 5.21 Å². The van der Waals surface area contributed by atoms with Gasteiger partial charge in [0.2, 0.25) is 0 Å². The molecule has 2 atom stereocenters. The van der Waals surface area contributed by atoms with Gasteiger partial charge in [0, 0.05) is 12.0 Å². The van der Waals surface area contributed by atoms with Crippen LogP contribution in [0.1, 0.15) is 38.2 Å². The number of benzene rings is 1. The Morgan fingerprint density at radius 3 is 3.05 bits per heavy atom. The molecule has 1 aliphatic heterocycles. The Labute approximate surface area is 132 Å². The van der Waals surface area contributed by atoms with Gasteiger partial charge in [-0.3, -0.25) is 0 Å². The Kier molecular flexibility index (Phi) is 4.39. The molecule has 0 amide bonds.